The Morgan fingerprint density at radius 3 is 2.43 bits per heavy atom. The second-order valence-corrected chi connectivity index (χ2v) is 5.83. The smallest absolute Gasteiger partial charge is 0.129 e. The van der Waals surface area contributed by atoms with E-state index in [0.717, 1.165) is 11.3 Å². The lowest BCUT2D eigenvalue weighted by Gasteiger charge is -2.13. The number of halogens is 2. The first-order valence-corrected chi connectivity index (χ1v) is 7.26. The summed E-state index contributed by atoms with van der Waals surface area (Å²) in [5.74, 6) is -0.158. The van der Waals surface area contributed by atoms with Gasteiger partial charge in [-0.15, -0.1) is 0 Å². The van der Waals surface area contributed by atoms with Crippen molar-refractivity contribution in [3.63, 3.8) is 0 Å². The van der Waals surface area contributed by atoms with Crippen LogP contribution in [-0.4, -0.2) is 4.99 Å². The van der Waals surface area contributed by atoms with Gasteiger partial charge in [0.1, 0.15) is 10.8 Å². The fourth-order valence-electron chi connectivity index (χ4n) is 2.21. The summed E-state index contributed by atoms with van der Waals surface area (Å²) in [5.41, 5.74) is 9.49. The first-order chi connectivity index (χ1) is 9.88. The molecule has 110 valence electrons. The number of hydrogen-bond donors (Lipinski definition) is 2. The van der Waals surface area contributed by atoms with Crippen LogP contribution in [0, 0.1) is 19.7 Å². The summed E-state index contributed by atoms with van der Waals surface area (Å²) in [6.45, 7) is 4.07. The third-order valence-corrected chi connectivity index (χ3v) is 3.68. The molecule has 2 nitrogen and oxygen atoms in total. The van der Waals surface area contributed by atoms with Crippen LogP contribution in [-0.2, 0) is 6.54 Å². The summed E-state index contributed by atoms with van der Waals surface area (Å²) in [7, 11) is 0. The summed E-state index contributed by atoms with van der Waals surface area (Å²) in [5, 5.41) is 3.84. The van der Waals surface area contributed by atoms with E-state index in [0.29, 0.717) is 28.3 Å². The Bertz CT molecular complexity index is 678. The van der Waals surface area contributed by atoms with E-state index in [1.54, 1.807) is 26.0 Å². The molecule has 0 atom stereocenters. The number of nitrogens with one attached hydrogen (secondary N) is 1. The SMILES string of the molecule is Cc1cc(CNc2ccc(Cl)cc2C(N)=S)cc(C)c1F. The van der Waals surface area contributed by atoms with E-state index in [4.69, 9.17) is 29.6 Å². The minimum Gasteiger partial charge on any atom is -0.389 e. The summed E-state index contributed by atoms with van der Waals surface area (Å²) in [6, 6.07) is 8.98. The first kappa shape index (κ1) is 15.7. The molecule has 0 heterocycles. The van der Waals surface area contributed by atoms with Crippen molar-refractivity contribution in [2.75, 3.05) is 5.32 Å². The molecule has 0 fully saturated rings. The predicted molar refractivity (Wildman–Crippen MR) is 90.5 cm³/mol. The molecular formula is C16H16ClFN2S. The van der Waals surface area contributed by atoms with Crippen LogP contribution >= 0.6 is 23.8 Å². The number of benzene rings is 2. The van der Waals surface area contributed by atoms with Crippen LogP contribution in [0.2, 0.25) is 5.02 Å². The number of nitrogens with two attached hydrogens (primary N) is 1. The van der Waals surface area contributed by atoms with Crippen molar-refractivity contribution in [3.8, 4) is 0 Å². The highest BCUT2D eigenvalue weighted by atomic mass is 35.5. The van der Waals surface area contributed by atoms with Gasteiger partial charge < -0.3 is 11.1 Å². The Kier molecular flexibility index (Phi) is 4.80. The Morgan fingerprint density at radius 2 is 1.86 bits per heavy atom. The third kappa shape index (κ3) is 3.71. The van der Waals surface area contributed by atoms with Crippen molar-refractivity contribution in [1.82, 2.24) is 0 Å². The van der Waals surface area contributed by atoms with Gasteiger partial charge in [-0.3, -0.25) is 0 Å². The highest BCUT2D eigenvalue weighted by Crippen LogP contribution is 2.22. The molecule has 0 radical (unpaired) electrons. The van der Waals surface area contributed by atoms with Gasteiger partial charge in [-0.2, -0.15) is 0 Å². The van der Waals surface area contributed by atoms with E-state index in [9.17, 15) is 4.39 Å². The van der Waals surface area contributed by atoms with Gasteiger partial charge in [0.2, 0.25) is 0 Å². The molecule has 0 aliphatic heterocycles. The van der Waals surface area contributed by atoms with E-state index in [2.05, 4.69) is 5.32 Å². The second-order valence-electron chi connectivity index (χ2n) is 4.95. The molecule has 0 saturated carbocycles. The van der Waals surface area contributed by atoms with Crippen molar-refractivity contribution in [3.05, 3.63) is 63.4 Å². The number of rotatable bonds is 4. The van der Waals surface area contributed by atoms with Crippen molar-refractivity contribution in [2.24, 2.45) is 5.73 Å². The normalized spacial score (nSPS) is 10.5. The summed E-state index contributed by atoms with van der Waals surface area (Å²) in [6.07, 6.45) is 0. The number of anilines is 1. The molecule has 0 aliphatic rings. The molecule has 0 saturated heterocycles. The van der Waals surface area contributed by atoms with Crippen molar-refractivity contribution < 1.29 is 4.39 Å². The maximum atomic E-state index is 13.6. The average molecular weight is 323 g/mol. The largest absolute Gasteiger partial charge is 0.389 e. The Balaban J connectivity index is 2.22. The maximum absolute atomic E-state index is 13.6. The van der Waals surface area contributed by atoms with Crippen molar-refractivity contribution >= 4 is 34.5 Å². The molecule has 2 rings (SSSR count). The topological polar surface area (TPSA) is 38.0 Å². The van der Waals surface area contributed by atoms with Gasteiger partial charge in [-0.25, -0.2) is 4.39 Å². The Labute approximate surface area is 134 Å². The van der Waals surface area contributed by atoms with E-state index in [-0.39, 0.29) is 10.8 Å². The zero-order chi connectivity index (χ0) is 15.6. The highest BCUT2D eigenvalue weighted by molar-refractivity contribution is 7.80. The monoisotopic (exact) mass is 322 g/mol. The van der Waals surface area contributed by atoms with Gasteiger partial charge >= 0.3 is 0 Å². The lowest BCUT2D eigenvalue weighted by molar-refractivity contribution is 0.608. The predicted octanol–water partition coefficient (Wildman–Crippen LogP) is 4.34. The standard InChI is InChI=1S/C16H16ClFN2S/c1-9-5-11(6-10(2)15(9)18)8-20-14-4-3-12(17)7-13(14)16(19)21/h3-7,20H,8H2,1-2H3,(H2,19,21). The number of thiocarbonyl (C=S) groups is 1. The fraction of sp³-hybridized carbons (Fsp3) is 0.188. The summed E-state index contributed by atoms with van der Waals surface area (Å²) >= 11 is 11.0. The zero-order valence-corrected chi connectivity index (χ0v) is 13.4. The fourth-order valence-corrected chi connectivity index (χ4v) is 2.55. The van der Waals surface area contributed by atoms with Gasteiger partial charge in [0.25, 0.3) is 0 Å². The number of aryl methyl sites for hydroxylation is 2. The molecule has 2 aromatic carbocycles. The lowest BCUT2D eigenvalue weighted by Crippen LogP contribution is -2.13. The number of hydrogen-bond acceptors (Lipinski definition) is 2. The molecule has 0 unspecified atom stereocenters. The third-order valence-electron chi connectivity index (χ3n) is 3.23. The van der Waals surface area contributed by atoms with Crippen LogP contribution in [0.3, 0.4) is 0 Å². The molecule has 5 heteroatoms. The van der Waals surface area contributed by atoms with Crippen LogP contribution in [0.1, 0.15) is 22.3 Å². The van der Waals surface area contributed by atoms with Crippen LogP contribution < -0.4 is 11.1 Å². The van der Waals surface area contributed by atoms with Gasteiger partial charge in [-0.1, -0.05) is 36.0 Å². The molecule has 3 N–H and O–H groups in total. The Hall–Kier alpha value is -1.65. The van der Waals surface area contributed by atoms with E-state index in [1.807, 2.05) is 18.2 Å². The Morgan fingerprint density at radius 1 is 1.24 bits per heavy atom. The van der Waals surface area contributed by atoms with Gasteiger partial charge in [0.15, 0.2) is 0 Å². The highest BCUT2D eigenvalue weighted by Gasteiger charge is 2.08. The van der Waals surface area contributed by atoms with E-state index < -0.39 is 0 Å². The quantitative estimate of drug-likeness (QED) is 0.822. The van der Waals surface area contributed by atoms with Gasteiger partial charge in [0, 0.05) is 22.8 Å². The molecule has 0 amide bonds. The van der Waals surface area contributed by atoms with Crippen molar-refractivity contribution in [1.29, 1.82) is 0 Å². The molecule has 0 aromatic heterocycles. The summed E-state index contributed by atoms with van der Waals surface area (Å²) < 4.78 is 13.6. The van der Waals surface area contributed by atoms with Crippen LogP contribution in [0.25, 0.3) is 0 Å². The lowest BCUT2D eigenvalue weighted by atomic mass is 10.1. The van der Waals surface area contributed by atoms with Crippen molar-refractivity contribution in [2.45, 2.75) is 20.4 Å². The average Bonchev–Trinajstić information content (AvgIpc) is 2.43. The second kappa shape index (κ2) is 6.41. The van der Waals surface area contributed by atoms with E-state index in [1.165, 1.54) is 0 Å². The first-order valence-electron chi connectivity index (χ1n) is 6.47. The van der Waals surface area contributed by atoms with Gasteiger partial charge in [0.05, 0.1) is 0 Å². The van der Waals surface area contributed by atoms with Gasteiger partial charge in [-0.05, 0) is 48.7 Å². The molecule has 0 aliphatic carbocycles. The molecule has 0 spiro atoms. The zero-order valence-electron chi connectivity index (χ0n) is 11.8. The maximum Gasteiger partial charge on any atom is 0.129 e. The molecular weight excluding hydrogens is 307 g/mol. The van der Waals surface area contributed by atoms with Crippen LogP contribution in [0.4, 0.5) is 10.1 Å². The molecule has 2 aromatic rings. The summed E-state index contributed by atoms with van der Waals surface area (Å²) in [4.78, 5) is 0.284. The van der Waals surface area contributed by atoms with Crippen LogP contribution in [0.15, 0.2) is 30.3 Å². The minimum atomic E-state index is -0.158. The minimum absolute atomic E-state index is 0.158. The van der Waals surface area contributed by atoms with E-state index >= 15 is 0 Å². The molecule has 21 heavy (non-hydrogen) atoms. The molecule has 0 bridgehead atoms. The van der Waals surface area contributed by atoms with Crippen LogP contribution in [0.5, 0.6) is 0 Å².